The van der Waals surface area contributed by atoms with Gasteiger partial charge in [0.2, 0.25) is 5.91 Å². The van der Waals surface area contributed by atoms with Gasteiger partial charge in [-0.3, -0.25) is 4.79 Å². The molecule has 1 amide bonds. The Morgan fingerprint density at radius 2 is 2.24 bits per heavy atom. The zero-order valence-electron chi connectivity index (χ0n) is 9.83. The zero-order valence-corrected chi connectivity index (χ0v) is 11.4. The summed E-state index contributed by atoms with van der Waals surface area (Å²) in [5, 5.41) is 5.75. The van der Waals surface area contributed by atoms with Gasteiger partial charge in [0.05, 0.1) is 13.0 Å². The standard InChI is InChI=1S/C12H17BrN2O2/c1-14-6-7-15-12(16)5-8-17-11-4-2-3-10(13)9-11/h2-4,9,14H,5-8H2,1H3,(H,15,16). The lowest BCUT2D eigenvalue weighted by Crippen LogP contribution is -2.31. The molecule has 17 heavy (non-hydrogen) atoms. The summed E-state index contributed by atoms with van der Waals surface area (Å²) in [6, 6.07) is 7.56. The molecule has 2 N–H and O–H groups in total. The van der Waals surface area contributed by atoms with Crippen molar-refractivity contribution in [3.8, 4) is 5.75 Å². The number of carbonyl (C=O) groups is 1. The Hall–Kier alpha value is -1.07. The van der Waals surface area contributed by atoms with Crippen molar-refractivity contribution in [3.63, 3.8) is 0 Å². The molecule has 0 saturated heterocycles. The Labute approximate surface area is 110 Å². The van der Waals surface area contributed by atoms with Gasteiger partial charge < -0.3 is 15.4 Å². The minimum atomic E-state index is 0.00949. The van der Waals surface area contributed by atoms with E-state index in [0.717, 1.165) is 16.8 Å². The van der Waals surface area contributed by atoms with Crippen molar-refractivity contribution < 1.29 is 9.53 Å². The second kappa shape index (κ2) is 8.08. The third-order valence-corrected chi connectivity index (χ3v) is 2.58. The minimum Gasteiger partial charge on any atom is -0.493 e. The van der Waals surface area contributed by atoms with Gasteiger partial charge in [-0.1, -0.05) is 22.0 Å². The smallest absolute Gasteiger partial charge is 0.223 e. The van der Waals surface area contributed by atoms with E-state index in [0.29, 0.717) is 19.6 Å². The number of hydrogen-bond donors (Lipinski definition) is 2. The van der Waals surface area contributed by atoms with Gasteiger partial charge in [-0.2, -0.15) is 0 Å². The molecule has 4 nitrogen and oxygen atoms in total. The van der Waals surface area contributed by atoms with Gasteiger partial charge >= 0.3 is 0 Å². The molecule has 1 rings (SSSR count). The summed E-state index contributed by atoms with van der Waals surface area (Å²) in [5.74, 6) is 0.776. The van der Waals surface area contributed by atoms with Gasteiger partial charge in [-0.05, 0) is 25.2 Å². The lowest BCUT2D eigenvalue weighted by molar-refractivity contribution is -0.121. The third kappa shape index (κ3) is 6.28. The van der Waals surface area contributed by atoms with Crippen LogP contribution in [0.5, 0.6) is 5.75 Å². The molecule has 0 atom stereocenters. The molecule has 94 valence electrons. The summed E-state index contributed by atoms with van der Waals surface area (Å²) in [7, 11) is 1.85. The Morgan fingerprint density at radius 3 is 2.94 bits per heavy atom. The fourth-order valence-corrected chi connectivity index (χ4v) is 1.61. The molecule has 0 fully saturated rings. The van der Waals surface area contributed by atoms with Gasteiger partial charge in [0.1, 0.15) is 5.75 Å². The molecule has 1 aromatic carbocycles. The van der Waals surface area contributed by atoms with Crippen molar-refractivity contribution in [2.24, 2.45) is 0 Å². The predicted molar refractivity (Wildman–Crippen MR) is 71.2 cm³/mol. The highest BCUT2D eigenvalue weighted by molar-refractivity contribution is 9.10. The van der Waals surface area contributed by atoms with Crippen molar-refractivity contribution in [1.82, 2.24) is 10.6 Å². The van der Waals surface area contributed by atoms with E-state index in [1.165, 1.54) is 0 Å². The first kappa shape index (κ1) is 14.0. The van der Waals surface area contributed by atoms with Crippen LogP contribution in [0.3, 0.4) is 0 Å². The fraction of sp³-hybridized carbons (Fsp3) is 0.417. The maximum Gasteiger partial charge on any atom is 0.223 e. The Balaban J connectivity index is 2.17. The number of nitrogens with one attached hydrogen (secondary N) is 2. The monoisotopic (exact) mass is 300 g/mol. The average Bonchev–Trinajstić information content (AvgIpc) is 2.29. The second-order valence-corrected chi connectivity index (χ2v) is 4.43. The van der Waals surface area contributed by atoms with E-state index >= 15 is 0 Å². The van der Waals surface area contributed by atoms with Crippen LogP contribution in [0.2, 0.25) is 0 Å². The van der Waals surface area contributed by atoms with Crippen molar-refractivity contribution >= 4 is 21.8 Å². The molecule has 0 aromatic heterocycles. The van der Waals surface area contributed by atoms with Crippen molar-refractivity contribution in [1.29, 1.82) is 0 Å². The van der Waals surface area contributed by atoms with E-state index in [9.17, 15) is 4.79 Å². The van der Waals surface area contributed by atoms with E-state index < -0.39 is 0 Å². The molecular weight excluding hydrogens is 284 g/mol. The number of ether oxygens (including phenoxy) is 1. The molecule has 0 bridgehead atoms. The van der Waals surface area contributed by atoms with Gasteiger partial charge in [0.15, 0.2) is 0 Å². The summed E-state index contributed by atoms with van der Waals surface area (Å²) >= 11 is 3.36. The molecule has 0 unspecified atom stereocenters. The van der Waals surface area contributed by atoms with Crippen LogP contribution in [0.4, 0.5) is 0 Å². The number of benzene rings is 1. The molecule has 0 aliphatic heterocycles. The molecule has 5 heteroatoms. The fourth-order valence-electron chi connectivity index (χ4n) is 1.23. The van der Waals surface area contributed by atoms with E-state index in [2.05, 4.69) is 26.6 Å². The average molecular weight is 301 g/mol. The van der Waals surface area contributed by atoms with E-state index in [4.69, 9.17) is 4.74 Å². The number of halogens is 1. The molecule has 0 aliphatic rings. The number of amides is 1. The van der Waals surface area contributed by atoms with Crippen LogP contribution in [-0.4, -0.2) is 32.7 Å². The number of likely N-dealkylation sites (N-methyl/N-ethyl adjacent to an activating group) is 1. The largest absolute Gasteiger partial charge is 0.493 e. The van der Waals surface area contributed by atoms with E-state index in [-0.39, 0.29) is 5.91 Å². The van der Waals surface area contributed by atoms with Crippen molar-refractivity contribution in [2.45, 2.75) is 6.42 Å². The number of rotatable bonds is 7. The molecule has 0 heterocycles. The summed E-state index contributed by atoms with van der Waals surface area (Å²) < 4.78 is 6.42. The summed E-state index contributed by atoms with van der Waals surface area (Å²) in [6.45, 7) is 1.81. The molecule has 1 aromatic rings. The summed E-state index contributed by atoms with van der Waals surface area (Å²) in [4.78, 5) is 11.3. The molecule has 0 saturated carbocycles. The first-order valence-corrected chi connectivity index (χ1v) is 6.31. The normalized spacial score (nSPS) is 10.0. The SMILES string of the molecule is CNCCNC(=O)CCOc1cccc(Br)c1. The first-order chi connectivity index (χ1) is 8.22. The van der Waals surface area contributed by atoms with Gasteiger partial charge in [-0.15, -0.1) is 0 Å². The summed E-state index contributed by atoms with van der Waals surface area (Å²) in [5.41, 5.74) is 0. The van der Waals surface area contributed by atoms with Crippen molar-refractivity contribution in [3.05, 3.63) is 28.7 Å². The van der Waals surface area contributed by atoms with Gasteiger partial charge in [0, 0.05) is 17.6 Å². The van der Waals surface area contributed by atoms with Crippen LogP contribution in [0.15, 0.2) is 28.7 Å². The topological polar surface area (TPSA) is 50.4 Å². The number of carbonyl (C=O) groups excluding carboxylic acids is 1. The highest BCUT2D eigenvalue weighted by Gasteiger charge is 2.01. The predicted octanol–water partition coefficient (Wildman–Crippen LogP) is 1.55. The van der Waals surface area contributed by atoms with Gasteiger partial charge in [0.25, 0.3) is 0 Å². The van der Waals surface area contributed by atoms with E-state index in [1.807, 2.05) is 31.3 Å². The van der Waals surface area contributed by atoms with Crippen LogP contribution in [0.1, 0.15) is 6.42 Å². The summed E-state index contributed by atoms with van der Waals surface area (Å²) in [6.07, 6.45) is 0.371. The van der Waals surface area contributed by atoms with Crippen LogP contribution in [0, 0.1) is 0 Å². The van der Waals surface area contributed by atoms with Crippen LogP contribution in [-0.2, 0) is 4.79 Å². The van der Waals surface area contributed by atoms with Gasteiger partial charge in [-0.25, -0.2) is 0 Å². The highest BCUT2D eigenvalue weighted by Crippen LogP contribution is 2.17. The molecule has 0 spiro atoms. The van der Waals surface area contributed by atoms with Crippen LogP contribution in [0.25, 0.3) is 0 Å². The third-order valence-electron chi connectivity index (χ3n) is 2.09. The zero-order chi connectivity index (χ0) is 12.5. The quantitative estimate of drug-likeness (QED) is 0.751. The maximum absolute atomic E-state index is 11.3. The van der Waals surface area contributed by atoms with Crippen molar-refractivity contribution in [2.75, 3.05) is 26.7 Å². The second-order valence-electron chi connectivity index (χ2n) is 3.51. The Kier molecular flexibility index (Phi) is 6.65. The van der Waals surface area contributed by atoms with Crippen LogP contribution >= 0.6 is 15.9 Å². The Bertz CT molecular complexity index is 358. The molecular formula is C12H17BrN2O2. The lowest BCUT2D eigenvalue weighted by atomic mass is 10.3. The molecule has 0 aliphatic carbocycles. The van der Waals surface area contributed by atoms with E-state index in [1.54, 1.807) is 0 Å². The molecule has 0 radical (unpaired) electrons. The first-order valence-electron chi connectivity index (χ1n) is 5.52. The minimum absolute atomic E-state index is 0.00949. The van der Waals surface area contributed by atoms with Crippen LogP contribution < -0.4 is 15.4 Å². The lowest BCUT2D eigenvalue weighted by Gasteiger charge is -2.07. The highest BCUT2D eigenvalue weighted by atomic mass is 79.9. The maximum atomic E-state index is 11.3. The number of hydrogen-bond acceptors (Lipinski definition) is 3. The Morgan fingerprint density at radius 1 is 1.41 bits per heavy atom.